The maximum absolute atomic E-state index is 12.8. The number of aromatic nitrogens is 1. The van der Waals surface area contributed by atoms with Crippen LogP contribution >= 0.6 is 11.3 Å². The van der Waals surface area contributed by atoms with E-state index in [1.54, 1.807) is 11.3 Å². The van der Waals surface area contributed by atoms with Crippen LogP contribution in [0.1, 0.15) is 19.3 Å². The summed E-state index contributed by atoms with van der Waals surface area (Å²) in [7, 11) is 0. The predicted molar refractivity (Wildman–Crippen MR) is 104 cm³/mol. The second-order valence-corrected chi connectivity index (χ2v) is 8.71. The highest BCUT2D eigenvalue weighted by Gasteiger charge is 2.49. The van der Waals surface area contributed by atoms with Crippen molar-refractivity contribution < 1.29 is 9.53 Å². The number of carbonyl (C=O) groups excluding carboxylic acids is 1. The molecule has 3 aliphatic rings. The average Bonchev–Trinajstić information content (AvgIpc) is 3.36. The van der Waals surface area contributed by atoms with Gasteiger partial charge in [0.2, 0.25) is 5.91 Å². The number of hydrogen-bond acceptors (Lipinski definition) is 6. The molecule has 2 heterocycles. The Balaban J connectivity index is 1.34. The summed E-state index contributed by atoms with van der Waals surface area (Å²) in [6.45, 7) is 3.26. The molecule has 1 saturated heterocycles. The van der Waals surface area contributed by atoms with Crippen molar-refractivity contribution >= 4 is 38.3 Å². The van der Waals surface area contributed by atoms with Gasteiger partial charge in [-0.15, -0.1) is 0 Å². The highest BCUT2D eigenvalue weighted by molar-refractivity contribution is 7.22. The van der Waals surface area contributed by atoms with Gasteiger partial charge in [-0.25, -0.2) is 4.98 Å². The predicted octanol–water partition coefficient (Wildman–Crippen LogP) is 2.44. The number of nitrogens with zero attached hydrogens (tertiary/aromatic N) is 2. The highest BCUT2D eigenvalue weighted by atomic mass is 32.1. The molecule has 3 N–H and O–H groups in total. The van der Waals surface area contributed by atoms with Gasteiger partial charge >= 0.3 is 0 Å². The smallest absolute Gasteiger partial charge is 0.229 e. The lowest BCUT2D eigenvalue weighted by Crippen LogP contribution is -2.42. The minimum absolute atomic E-state index is 0.0220. The Bertz CT molecular complexity index is 830. The molecule has 4 unspecified atom stereocenters. The van der Waals surface area contributed by atoms with Gasteiger partial charge in [-0.2, -0.15) is 0 Å². The Morgan fingerprint density at radius 3 is 2.85 bits per heavy atom. The second kappa shape index (κ2) is 6.48. The first-order chi connectivity index (χ1) is 12.7. The van der Waals surface area contributed by atoms with E-state index in [2.05, 4.69) is 10.2 Å². The first-order valence-electron chi connectivity index (χ1n) is 9.49. The summed E-state index contributed by atoms with van der Waals surface area (Å²) in [5, 5.41) is 4.14. The molecule has 5 rings (SSSR count). The maximum Gasteiger partial charge on any atom is 0.229 e. The lowest BCUT2D eigenvalue weighted by molar-refractivity contribution is -0.121. The van der Waals surface area contributed by atoms with Gasteiger partial charge in [0.15, 0.2) is 5.13 Å². The molecule has 0 radical (unpaired) electrons. The second-order valence-electron chi connectivity index (χ2n) is 7.70. The van der Waals surface area contributed by atoms with Crippen LogP contribution in [0.3, 0.4) is 0 Å². The number of nitrogens with one attached hydrogen (secondary N) is 1. The molecule has 3 fully saturated rings. The van der Waals surface area contributed by atoms with Gasteiger partial charge in [0.05, 0.1) is 29.3 Å². The van der Waals surface area contributed by atoms with E-state index in [1.807, 2.05) is 18.2 Å². The van der Waals surface area contributed by atoms with Gasteiger partial charge in [0, 0.05) is 24.8 Å². The monoisotopic (exact) mass is 372 g/mol. The minimum atomic E-state index is -0.0326. The van der Waals surface area contributed by atoms with E-state index >= 15 is 0 Å². The van der Waals surface area contributed by atoms with Gasteiger partial charge in [-0.05, 0) is 49.3 Å². The third-order valence-electron chi connectivity index (χ3n) is 6.21. The fourth-order valence-electron chi connectivity index (χ4n) is 4.83. The Kier molecular flexibility index (Phi) is 4.10. The number of carbonyl (C=O) groups is 1. The average molecular weight is 372 g/mol. The Morgan fingerprint density at radius 2 is 2.08 bits per heavy atom. The number of rotatable bonds is 3. The third kappa shape index (κ3) is 2.78. The van der Waals surface area contributed by atoms with Gasteiger partial charge in [0.25, 0.3) is 0 Å². The molecule has 2 bridgehead atoms. The number of anilines is 2. The molecule has 2 aromatic rings. The molecule has 1 aromatic heterocycles. The van der Waals surface area contributed by atoms with Crippen molar-refractivity contribution in [2.75, 3.05) is 36.5 Å². The summed E-state index contributed by atoms with van der Waals surface area (Å²) in [5.41, 5.74) is 8.13. The molecular weight excluding hydrogens is 348 g/mol. The van der Waals surface area contributed by atoms with Crippen LogP contribution in [0.4, 0.5) is 10.8 Å². The Morgan fingerprint density at radius 1 is 1.27 bits per heavy atom. The number of benzene rings is 1. The van der Waals surface area contributed by atoms with Crippen LogP contribution in [0.5, 0.6) is 0 Å². The van der Waals surface area contributed by atoms with Gasteiger partial charge in [0.1, 0.15) is 0 Å². The molecule has 1 amide bonds. The fourth-order valence-corrected chi connectivity index (χ4v) is 5.89. The molecule has 1 aromatic carbocycles. The van der Waals surface area contributed by atoms with Crippen LogP contribution < -0.4 is 16.0 Å². The van der Waals surface area contributed by atoms with Crippen molar-refractivity contribution in [3.8, 4) is 0 Å². The summed E-state index contributed by atoms with van der Waals surface area (Å²) in [4.78, 5) is 19.8. The summed E-state index contributed by atoms with van der Waals surface area (Å²) < 4.78 is 6.51. The number of amides is 1. The van der Waals surface area contributed by atoms with Crippen LogP contribution in [-0.2, 0) is 9.53 Å². The third-order valence-corrected chi connectivity index (χ3v) is 7.29. The number of morpholine rings is 1. The zero-order valence-electron chi connectivity index (χ0n) is 14.7. The molecule has 1 aliphatic heterocycles. The molecular formula is C19H24N4O2S. The van der Waals surface area contributed by atoms with Crippen LogP contribution in [0, 0.1) is 17.8 Å². The van der Waals surface area contributed by atoms with Crippen molar-refractivity contribution in [3.63, 3.8) is 0 Å². The van der Waals surface area contributed by atoms with Crippen molar-refractivity contribution in [3.05, 3.63) is 18.2 Å². The largest absolute Gasteiger partial charge is 0.378 e. The minimum Gasteiger partial charge on any atom is -0.378 e. The number of nitrogens with two attached hydrogens (primary N) is 1. The topological polar surface area (TPSA) is 80.5 Å². The lowest BCUT2D eigenvalue weighted by Gasteiger charge is -2.27. The molecule has 2 saturated carbocycles. The maximum atomic E-state index is 12.8. The fraction of sp³-hybridized carbons (Fsp3) is 0.579. The van der Waals surface area contributed by atoms with E-state index in [-0.39, 0.29) is 17.9 Å². The Hall–Kier alpha value is -1.70. The zero-order chi connectivity index (χ0) is 17.7. The first kappa shape index (κ1) is 16.5. The number of fused-ring (bicyclic) bond motifs is 3. The number of ether oxygens (including phenoxy) is 1. The van der Waals surface area contributed by atoms with E-state index in [0.717, 1.165) is 60.2 Å². The van der Waals surface area contributed by atoms with Crippen molar-refractivity contribution in [1.29, 1.82) is 0 Å². The summed E-state index contributed by atoms with van der Waals surface area (Å²) in [6, 6.07) is 6.00. The van der Waals surface area contributed by atoms with E-state index in [9.17, 15) is 4.79 Å². The van der Waals surface area contributed by atoms with Crippen molar-refractivity contribution in [1.82, 2.24) is 4.98 Å². The number of hydrogen-bond donors (Lipinski definition) is 2. The van der Waals surface area contributed by atoms with Gasteiger partial charge < -0.3 is 20.7 Å². The molecule has 7 heteroatoms. The van der Waals surface area contributed by atoms with E-state index in [1.165, 1.54) is 6.42 Å². The molecule has 0 spiro atoms. The molecule has 6 nitrogen and oxygen atoms in total. The summed E-state index contributed by atoms with van der Waals surface area (Å²) in [6.07, 6.45) is 3.45. The van der Waals surface area contributed by atoms with Crippen LogP contribution in [0.25, 0.3) is 10.2 Å². The van der Waals surface area contributed by atoms with Crippen LogP contribution in [0.15, 0.2) is 18.2 Å². The van der Waals surface area contributed by atoms with Crippen LogP contribution in [-0.4, -0.2) is 43.2 Å². The van der Waals surface area contributed by atoms with E-state index in [0.29, 0.717) is 11.8 Å². The molecule has 138 valence electrons. The van der Waals surface area contributed by atoms with E-state index in [4.69, 9.17) is 15.5 Å². The standard InChI is InChI=1S/C19H24N4O2S/c20-17-12-2-1-11(9-12)16(17)18(24)21-13-3-4-14-15(10-13)26-19(22-14)23-5-7-25-8-6-23/h3-4,10-12,16-17H,1-2,5-9,20H2,(H,21,24). The van der Waals surface area contributed by atoms with Gasteiger partial charge in [-0.3, -0.25) is 4.79 Å². The van der Waals surface area contributed by atoms with Crippen LogP contribution in [0.2, 0.25) is 0 Å². The summed E-state index contributed by atoms with van der Waals surface area (Å²) in [5.74, 6) is 1.06. The number of thiazole rings is 1. The SMILES string of the molecule is NC1C2CCC(C2)C1C(=O)Nc1ccc2nc(N3CCOCC3)sc2c1. The highest BCUT2D eigenvalue weighted by Crippen LogP contribution is 2.48. The zero-order valence-corrected chi connectivity index (χ0v) is 15.5. The molecule has 2 aliphatic carbocycles. The summed E-state index contributed by atoms with van der Waals surface area (Å²) >= 11 is 1.67. The van der Waals surface area contributed by atoms with E-state index < -0.39 is 0 Å². The molecule has 26 heavy (non-hydrogen) atoms. The lowest BCUT2D eigenvalue weighted by atomic mass is 9.84. The normalized spacial score (nSPS) is 30.9. The quantitative estimate of drug-likeness (QED) is 0.865. The van der Waals surface area contributed by atoms with Crippen molar-refractivity contribution in [2.24, 2.45) is 23.5 Å². The van der Waals surface area contributed by atoms with Crippen molar-refractivity contribution in [2.45, 2.75) is 25.3 Å². The first-order valence-corrected chi connectivity index (χ1v) is 10.3. The molecule has 4 atom stereocenters. The van der Waals surface area contributed by atoms with Gasteiger partial charge in [-0.1, -0.05) is 11.3 Å². The Labute approximate surface area is 156 Å².